The summed E-state index contributed by atoms with van der Waals surface area (Å²) in [6, 6.07) is 5.89. The van der Waals surface area contributed by atoms with Crippen molar-refractivity contribution in [3.05, 3.63) is 29.3 Å². The fraction of sp³-hybridized carbons (Fsp3) is 0.636. The molecule has 2 aliphatic rings. The van der Waals surface area contributed by atoms with Gasteiger partial charge in [-0.1, -0.05) is 18.2 Å². The molecule has 1 unspecified atom stereocenters. The van der Waals surface area contributed by atoms with E-state index in [0.29, 0.717) is 12.8 Å². The lowest BCUT2D eigenvalue weighted by Crippen LogP contribution is -2.56. The van der Waals surface area contributed by atoms with Crippen LogP contribution in [0, 0.1) is 0 Å². The summed E-state index contributed by atoms with van der Waals surface area (Å²) in [4.78, 5) is 25.1. The van der Waals surface area contributed by atoms with Crippen LogP contribution in [-0.2, 0) is 36.4 Å². The van der Waals surface area contributed by atoms with Gasteiger partial charge in [-0.15, -0.1) is 0 Å². The van der Waals surface area contributed by atoms with Crippen LogP contribution < -0.4 is 10.8 Å². The van der Waals surface area contributed by atoms with Gasteiger partial charge in [0.2, 0.25) is 0 Å². The molecule has 1 aliphatic heterocycles. The molecule has 0 bridgehead atoms. The molecule has 1 atom stereocenters. The highest BCUT2D eigenvalue weighted by Crippen LogP contribution is 2.37. The van der Waals surface area contributed by atoms with Crippen LogP contribution in [-0.4, -0.2) is 48.6 Å². The minimum Gasteiger partial charge on any atom is -0.467 e. The molecule has 0 spiro atoms. The van der Waals surface area contributed by atoms with Gasteiger partial charge in [0.25, 0.3) is 0 Å². The maximum absolute atomic E-state index is 12.7. The number of ether oxygens (including phenoxy) is 2. The normalized spacial score (nSPS) is 24.3. The van der Waals surface area contributed by atoms with Crippen molar-refractivity contribution in [3.63, 3.8) is 0 Å². The van der Waals surface area contributed by atoms with Crippen molar-refractivity contribution in [2.75, 3.05) is 7.11 Å². The number of hydrogen-bond acceptors (Lipinski definition) is 6. The van der Waals surface area contributed by atoms with Crippen LogP contribution in [0.1, 0.15) is 59.6 Å². The van der Waals surface area contributed by atoms with E-state index in [2.05, 4.69) is 5.32 Å². The number of nitrogens with one attached hydrogen (secondary N) is 1. The van der Waals surface area contributed by atoms with Crippen molar-refractivity contribution in [2.24, 2.45) is 0 Å². The quantitative estimate of drug-likeness (QED) is 0.601. The van der Waals surface area contributed by atoms with Gasteiger partial charge in [-0.25, -0.2) is 9.59 Å². The third-order valence-corrected chi connectivity index (χ3v) is 6.06. The molecule has 164 valence electrons. The molecule has 1 saturated heterocycles. The average Bonchev–Trinajstić information content (AvgIpc) is 3.05. The first-order valence-electron chi connectivity index (χ1n) is 10.2. The molecule has 7 nitrogen and oxygen atoms in total. The van der Waals surface area contributed by atoms with Crippen molar-refractivity contribution in [1.29, 1.82) is 0 Å². The third kappa shape index (κ3) is 4.21. The number of esters is 1. The second-order valence-electron chi connectivity index (χ2n) is 10.2. The van der Waals surface area contributed by atoms with E-state index in [1.165, 1.54) is 7.11 Å². The number of alkyl carbamates (subject to hydrolysis) is 1. The molecule has 0 saturated carbocycles. The molecule has 1 amide bonds. The van der Waals surface area contributed by atoms with E-state index in [0.717, 1.165) is 16.6 Å². The number of fused-ring (bicyclic) bond motifs is 1. The molecular formula is C22H32BNO6. The number of amides is 1. The molecule has 8 heteroatoms. The van der Waals surface area contributed by atoms with Crippen molar-refractivity contribution in [1.82, 2.24) is 5.32 Å². The summed E-state index contributed by atoms with van der Waals surface area (Å²) in [6.07, 6.45) is -0.00801. The number of carbonyl (C=O) groups is 2. The van der Waals surface area contributed by atoms with E-state index in [-0.39, 0.29) is 0 Å². The predicted molar refractivity (Wildman–Crippen MR) is 114 cm³/mol. The van der Waals surface area contributed by atoms with E-state index in [4.69, 9.17) is 18.8 Å². The summed E-state index contributed by atoms with van der Waals surface area (Å²) in [7, 11) is 0.826. The van der Waals surface area contributed by atoms with Gasteiger partial charge in [0.05, 0.1) is 18.3 Å². The average molecular weight is 417 g/mol. The molecule has 1 N–H and O–H groups in total. The summed E-state index contributed by atoms with van der Waals surface area (Å²) >= 11 is 0. The van der Waals surface area contributed by atoms with Gasteiger partial charge in [0.1, 0.15) is 11.1 Å². The Morgan fingerprint density at radius 2 is 1.60 bits per heavy atom. The summed E-state index contributed by atoms with van der Waals surface area (Å²) in [5.74, 6) is -0.498. The molecule has 1 heterocycles. The topological polar surface area (TPSA) is 83.1 Å². The minimum absolute atomic E-state index is 0.307. The lowest BCUT2D eigenvalue weighted by molar-refractivity contribution is -0.148. The summed E-state index contributed by atoms with van der Waals surface area (Å²) in [6.45, 7) is 13.4. The van der Waals surface area contributed by atoms with Gasteiger partial charge in [0, 0.05) is 12.8 Å². The zero-order valence-corrected chi connectivity index (χ0v) is 19.2. The van der Waals surface area contributed by atoms with Crippen LogP contribution in [0.25, 0.3) is 0 Å². The predicted octanol–water partition coefficient (Wildman–Crippen LogP) is 2.52. The number of hydrogen-bond donors (Lipinski definition) is 1. The molecule has 0 radical (unpaired) electrons. The molecular weight excluding hydrogens is 385 g/mol. The van der Waals surface area contributed by atoms with E-state index in [1.54, 1.807) is 20.8 Å². The zero-order chi connectivity index (χ0) is 22.5. The largest absolute Gasteiger partial charge is 0.494 e. The van der Waals surface area contributed by atoms with Crippen LogP contribution in [0.2, 0.25) is 0 Å². The van der Waals surface area contributed by atoms with E-state index >= 15 is 0 Å². The van der Waals surface area contributed by atoms with Crippen molar-refractivity contribution < 1.29 is 28.4 Å². The first kappa shape index (κ1) is 22.6. The van der Waals surface area contributed by atoms with E-state index in [9.17, 15) is 9.59 Å². The standard InChI is InChI=1S/C22H32BNO6/c1-19(2,3)28-18(26)24-22(17(25)27-8)12-14-9-10-16(11-15(14)13-22)23-29-20(4,5)21(6,7)30-23/h9-11H,12-13H2,1-8H3,(H,24,26). The lowest BCUT2D eigenvalue weighted by atomic mass is 9.78. The highest BCUT2D eigenvalue weighted by molar-refractivity contribution is 6.62. The van der Waals surface area contributed by atoms with Crippen LogP contribution in [0.5, 0.6) is 0 Å². The first-order valence-corrected chi connectivity index (χ1v) is 10.2. The fourth-order valence-corrected chi connectivity index (χ4v) is 3.80. The maximum atomic E-state index is 12.7. The molecule has 3 rings (SSSR count). The molecule has 1 fully saturated rings. The second kappa shape index (κ2) is 7.27. The monoisotopic (exact) mass is 417 g/mol. The van der Waals surface area contributed by atoms with Gasteiger partial charge in [0.15, 0.2) is 0 Å². The van der Waals surface area contributed by atoms with Crippen LogP contribution >= 0.6 is 0 Å². The van der Waals surface area contributed by atoms with Gasteiger partial charge in [-0.2, -0.15) is 0 Å². The molecule has 1 aliphatic carbocycles. The highest BCUT2D eigenvalue weighted by Gasteiger charge is 2.52. The molecule has 1 aromatic rings. The summed E-state index contributed by atoms with van der Waals surface area (Å²) in [5, 5.41) is 2.76. The number of carbonyl (C=O) groups excluding carboxylic acids is 2. The summed E-state index contributed by atoms with van der Waals surface area (Å²) in [5.41, 5.74) is 0.0472. The van der Waals surface area contributed by atoms with Gasteiger partial charge < -0.3 is 24.1 Å². The van der Waals surface area contributed by atoms with Crippen molar-refractivity contribution >= 4 is 24.6 Å². The Morgan fingerprint density at radius 3 is 2.13 bits per heavy atom. The molecule has 30 heavy (non-hydrogen) atoms. The molecule has 1 aromatic carbocycles. The fourth-order valence-electron chi connectivity index (χ4n) is 3.80. The minimum atomic E-state index is -1.20. The molecule has 0 aromatic heterocycles. The first-order chi connectivity index (χ1) is 13.7. The Hall–Kier alpha value is -2.06. The summed E-state index contributed by atoms with van der Waals surface area (Å²) < 4.78 is 22.7. The van der Waals surface area contributed by atoms with Crippen molar-refractivity contribution in [3.8, 4) is 0 Å². The Labute approximate surface area is 178 Å². The smallest absolute Gasteiger partial charge is 0.467 e. The number of methoxy groups -OCH3 is 1. The van der Waals surface area contributed by atoms with Crippen LogP contribution in [0.3, 0.4) is 0 Å². The Balaban J connectivity index is 1.85. The van der Waals surface area contributed by atoms with Crippen LogP contribution in [0.4, 0.5) is 4.79 Å². The number of benzene rings is 1. The van der Waals surface area contributed by atoms with E-state index in [1.807, 2.05) is 45.9 Å². The van der Waals surface area contributed by atoms with Gasteiger partial charge in [-0.05, 0) is 65.1 Å². The Bertz CT molecular complexity index is 844. The van der Waals surface area contributed by atoms with Crippen LogP contribution in [0.15, 0.2) is 18.2 Å². The van der Waals surface area contributed by atoms with Gasteiger partial charge in [-0.3, -0.25) is 0 Å². The zero-order valence-electron chi connectivity index (χ0n) is 19.2. The third-order valence-electron chi connectivity index (χ3n) is 6.06. The second-order valence-corrected chi connectivity index (χ2v) is 10.2. The van der Waals surface area contributed by atoms with Crippen molar-refractivity contribution in [2.45, 2.75) is 83.6 Å². The maximum Gasteiger partial charge on any atom is 0.494 e. The highest BCUT2D eigenvalue weighted by atomic mass is 16.7. The Morgan fingerprint density at radius 1 is 1.03 bits per heavy atom. The lowest BCUT2D eigenvalue weighted by Gasteiger charge is -2.32. The Kier molecular flexibility index (Phi) is 5.48. The number of rotatable bonds is 3. The van der Waals surface area contributed by atoms with Gasteiger partial charge >= 0.3 is 19.2 Å². The SMILES string of the molecule is COC(=O)C1(NC(=O)OC(C)(C)C)Cc2ccc(B3OC(C)(C)C(C)(C)O3)cc2C1. The van der Waals surface area contributed by atoms with E-state index < -0.39 is 41.5 Å².